The van der Waals surface area contributed by atoms with Crippen molar-refractivity contribution in [3.05, 3.63) is 35.9 Å². The van der Waals surface area contributed by atoms with Crippen LogP contribution in [0.2, 0.25) is 25.7 Å². The van der Waals surface area contributed by atoms with E-state index in [2.05, 4.69) is 30.4 Å². The number of rotatable bonds is 8. The van der Waals surface area contributed by atoms with Gasteiger partial charge in [-0.3, -0.25) is 0 Å². The number of benzene rings is 1. The lowest BCUT2D eigenvalue weighted by Crippen LogP contribution is -2.50. The Morgan fingerprint density at radius 2 is 1.87 bits per heavy atom. The third kappa shape index (κ3) is 9.71. The standard InChI is InChI=1S/C22H37N3O5Si/c1-22(2,3)30-21(27)25-15-19(29-16-28-12-13-31(4,5)6)18(23-20(26)24-25)14-17-10-8-7-9-11-17/h7-11,18-19H,12-16H2,1-6H3,(H2,23,24,26)/t18-,19-/m1/s1. The summed E-state index contributed by atoms with van der Waals surface area (Å²) in [4.78, 5) is 25.0. The van der Waals surface area contributed by atoms with Crippen LogP contribution in [0.25, 0.3) is 0 Å². The first-order chi connectivity index (χ1) is 14.4. The molecule has 1 fully saturated rings. The second-order valence-corrected chi connectivity index (χ2v) is 15.6. The minimum Gasteiger partial charge on any atom is -0.442 e. The number of carbonyl (C=O) groups excluding carboxylic acids is 2. The van der Waals surface area contributed by atoms with Crippen LogP contribution in [0.3, 0.4) is 0 Å². The van der Waals surface area contributed by atoms with Gasteiger partial charge < -0.3 is 19.5 Å². The van der Waals surface area contributed by atoms with Crippen molar-refractivity contribution in [1.82, 2.24) is 15.8 Å². The van der Waals surface area contributed by atoms with Crippen molar-refractivity contribution in [2.45, 2.75) is 70.6 Å². The summed E-state index contributed by atoms with van der Waals surface area (Å²) in [5.74, 6) is 0. The van der Waals surface area contributed by atoms with E-state index in [4.69, 9.17) is 14.2 Å². The molecule has 2 N–H and O–H groups in total. The minimum absolute atomic E-state index is 0.0957. The van der Waals surface area contributed by atoms with Gasteiger partial charge in [0.2, 0.25) is 0 Å². The van der Waals surface area contributed by atoms with Gasteiger partial charge in [0.1, 0.15) is 18.5 Å². The van der Waals surface area contributed by atoms with E-state index in [1.165, 1.54) is 0 Å². The summed E-state index contributed by atoms with van der Waals surface area (Å²) in [7, 11) is -1.19. The van der Waals surface area contributed by atoms with Crippen LogP contribution in [0.4, 0.5) is 9.59 Å². The number of hydrazine groups is 1. The molecule has 1 aromatic rings. The van der Waals surface area contributed by atoms with Gasteiger partial charge >= 0.3 is 12.1 Å². The molecule has 1 aliphatic rings. The highest BCUT2D eigenvalue weighted by Crippen LogP contribution is 2.16. The van der Waals surface area contributed by atoms with E-state index >= 15 is 0 Å². The lowest BCUT2D eigenvalue weighted by atomic mass is 10.0. The van der Waals surface area contributed by atoms with E-state index in [1.54, 1.807) is 20.8 Å². The molecular formula is C22H37N3O5Si. The zero-order chi connectivity index (χ0) is 23.1. The average molecular weight is 452 g/mol. The molecule has 1 heterocycles. The molecule has 31 heavy (non-hydrogen) atoms. The first-order valence-corrected chi connectivity index (χ1v) is 14.4. The third-order valence-electron chi connectivity index (χ3n) is 4.64. The maximum Gasteiger partial charge on any atom is 0.429 e. The zero-order valence-corrected chi connectivity index (χ0v) is 20.6. The maximum absolute atomic E-state index is 12.6. The molecule has 1 aliphatic heterocycles. The Bertz CT molecular complexity index is 718. The highest BCUT2D eigenvalue weighted by molar-refractivity contribution is 6.76. The molecule has 8 nitrogen and oxygen atoms in total. The van der Waals surface area contributed by atoms with Gasteiger partial charge in [-0.25, -0.2) is 20.0 Å². The Labute approximate surface area is 186 Å². The predicted molar refractivity (Wildman–Crippen MR) is 122 cm³/mol. The van der Waals surface area contributed by atoms with Gasteiger partial charge in [-0.2, -0.15) is 0 Å². The minimum atomic E-state index is -1.19. The molecule has 1 aromatic carbocycles. The summed E-state index contributed by atoms with van der Waals surface area (Å²) in [5.41, 5.74) is 2.94. The summed E-state index contributed by atoms with van der Waals surface area (Å²) in [6.45, 7) is 13.1. The highest BCUT2D eigenvalue weighted by Gasteiger charge is 2.35. The number of hydrogen-bond acceptors (Lipinski definition) is 5. The van der Waals surface area contributed by atoms with Crippen molar-refractivity contribution in [2.24, 2.45) is 0 Å². The second kappa shape index (κ2) is 11.0. The molecule has 9 heteroatoms. The summed E-state index contributed by atoms with van der Waals surface area (Å²) in [5, 5.41) is 4.08. The zero-order valence-electron chi connectivity index (χ0n) is 19.6. The second-order valence-electron chi connectivity index (χ2n) is 10.0. The van der Waals surface area contributed by atoms with E-state index in [0.29, 0.717) is 13.0 Å². The molecule has 1 saturated heterocycles. The van der Waals surface area contributed by atoms with Gasteiger partial charge in [0.15, 0.2) is 0 Å². The molecule has 174 valence electrons. The van der Waals surface area contributed by atoms with Crippen molar-refractivity contribution in [3.8, 4) is 0 Å². The summed E-state index contributed by atoms with van der Waals surface area (Å²) < 4.78 is 17.1. The smallest absolute Gasteiger partial charge is 0.429 e. The van der Waals surface area contributed by atoms with Crippen LogP contribution in [-0.4, -0.2) is 62.9 Å². The van der Waals surface area contributed by atoms with Crippen LogP contribution in [-0.2, 0) is 20.6 Å². The predicted octanol–water partition coefficient (Wildman–Crippen LogP) is 3.76. The van der Waals surface area contributed by atoms with Crippen LogP contribution in [0.15, 0.2) is 30.3 Å². The lowest BCUT2D eigenvalue weighted by molar-refractivity contribution is -0.102. The van der Waals surface area contributed by atoms with Crippen molar-refractivity contribution < 1.29 is 23.8 Å². The fourth-order valence-electron chi connectivity index (χ4n) is 3.00. The van der Waals surface area contributed by atoms with Gasteiger partial charge in [-0.05, 0) is 38.8 Å². The number of nitrogens with one attached hydrogen (secondary N) is 2. The Kier molecular flexibility index (Phi) is 8.90. The third-order valence-corrected chi connectivity index (χ3v) is 6.34. The van der Waals surface area contributed by atoms with Crippen molar-refractivity contribution >= 4 is 20.2 Å². The fraction of sp³-hybridized carbons (Fsp3) is 0.636. The number of amides is 3. The Balaban J connectivity index is 2.08. The van der Waals surface area contributed by atoms with Crippen LogP contribution >= 0.6 is 0 Å². The summed E-state index contributed by atoms with van der Waals surface area (Å²) >= 11 is 0. The van der Waals surface area contributed by atoms with Gasteiger partial charge in [0.25, 0.3) is 0 Å². The monoisotopic (exact) mass is 451 g/mol. The van der Waals surface area contributed by atoms with E-state index in [0.717, 1.165) is 16.6 Å². The number of carbonyl (C=O) groups is 2. The van der Waals surface area contributed by atoms with Gasteiger partial charge in [0.05, 0.1) is 12.6 Å². The van der Waals surface area contributed by atoms with E-state index < -0.39 is 31.9 Å². The van der Waals surface area contributed by atoms with Crippen LogP contribution < -0.4 is 10.7 Å². The molecule has 2 rings (SSSR count). The molecular weight excluding hydrogens is 414 g/mol. The first-order valence-electron chi connectivity index (χ1n) is 10.7. The summed E-state index contributed by atoms with van der Waals surface area (Å²) in [6, 6.07) is 10.1. The molecule has 0 aliphatic carbocycles. The number of urea groups is 1. The van der Waals surface area contributed by atoms with E-state index in [1.807, 2.05) is 30.3 Å². The molecule has 0 radical (unpaired) electrons. The quantitative estimate of drug-likeness (QED) is 0.357. The lowest BCUT2D eigenvalue weighted by Gasteiger charge is -2.29. The normalized spacial score (nSPS) is 19.9. The van der Waals surface area contributed by atoms with Crippen molar-refractivity contribution in [1.29, 1.82) is 0 Å². The number of nitrogens with zero attached hydrogens (tertiary/aromatic N) is 1. The van der Waals surface area contributed by atoms with Gasteiger partial charge in [-0.15, -0.1) is 0 Å². The fourth-order valence-corrected chi connectivity index (χ4v) is 3.76. The molecule has 0 unspecified atom stereocenters. The largest absolute Gasteiger partial charge is 0.442 e. The average Bonchev–Trinajstić information content (AvgIpc) is 2.79. The number of hydrogen-bond donors (Lipinski definition) is 2. The van der Waals surface area contributed by atoms with E-state index in [-0.39, 0.29) is 19.4 Å². The SMILES string of the molecule is CC(C)(C)OC(=O)N1C[C@@H](OCOCC[Si](C)(C)C)[C@@H](Cc2ccccc2)NC(=O)N1. The number of ether oxygens (including phenoxy) is 3. The molecule has 0 aromatic heterocycles. The first kappa shape index (κ1) is 25.2. The summed E-state index contributed by atoms with van der Waals surface area (Å²) in [6.07, 6.45) is -0.537. The highest BCUT2D eigenvalue weighted by atomic mass is 28.3. The van der Waals surface area contributed by atoms with Crippen molar-refractivity contribution in [2.75, 3.05) is 19.9 Å². The van der Waals surface area contributed by atoms with E-state index in [9.17, 15) is 9.59 Å². The van der Waals surface area contributed by atoms with Crippen LogP contribution in [0.1, 0.15) is 26.3 Å². The Hall–Kier alpha value is -2.10. The van der Waals surface area contributed by atoms with Crippen LogP contribution in [0, 0.1) is 0 Å². The molecule has 0 spiro atoms. The molecule has 0 bridgehead atoms. The molecule has 3 amide bonds. The van der Waals surface area contributed by atoms with Gasteiger partial charge in [-0.1, -0.05) is 50.0 Å². The van der Waals surface area contributed by atoms with Gasteiger partial charge in [0, 0.05) is 14.7 Å². The Morgan fingerprint density at radius 3 is 2.48 bits per heavy atom. The topological polar surface area (TPSA) is 89.1 Å². The van der Waals surface area contributed by atoms with Crippen LogP contribution in [0.5, 0.6) is 0 Å². The molecule has 2 atom stereocenters. The maximum atomic E-state index is 12.6. The Morgan fingerprint density at radius 1 is 1.19 bits per heavy atom. The molecule has 0 saturated carbocycles. The van der Waals surface area contributed by atoms with Crippen molar-refractivity contribution in [3.63, 3.8) is 0 Å².